The van der Waals surface area contributed by atoms with Gasteiger partial charge in [0.25, 0.3) is 5.91 Å². The lowest BCUT2D eigenvalue weighted by molar-refractivity contribution is 0.0487. The van der Waals surface area contributed by atoms with Crippen LogP contribution in [0.3, 0.4) is 0 Å². The molecule has 6 nitrogen and oxygen atoms in total. The van der Waals surface area contributed by atoms with Gasteiger partial charge in [0, 0.05) is 43.3 Å². The molecule has 1 aromatic carbocycles. The zero-order chi connectivity index (χ0) is 21.2. The van der Waals surface area contributed by atoms with Gasteiger partial charge in [0.2, 0.25) is 10.0 Å². The summed E-state index contributed by atoms with van der Waals surface area (Å²) in [6.45, 7) is 2.64. The number of amides is 1. The van der Waals surface area contributed by atoms with Crippen molar-refractivity contribution in [3.63, 3.8) is 0 Å². The molecule has 1 N–H and O–H groups in total. The van der Waals surface area contributed by atoms with Crippen molar-refractivity contribution in [1.29, 1.82) is 0 Å². The summed E-state index contributed by atoms with van der Waals surface area (Å²) in [7, 11) is -3.64. The molecule has 3 heterocycles. The number of hydrogen-bond donors (Lipinski definition) is 1. The molecule has 2 aromatic rings. The Bertz CT molecular complexity index is 1010. The van der Waals surface area contributed by atoms with Crippen molar-refractivity contribution < 1.29 is 17.9 Å². The number of thiophene rings is 1. The lowest BCUT2D eigenvalue weighted by Crippen LogP contribution is -2.44. The summed E-state index contributed by atoms with van der Waals surface area (Å²) in [6.07, 6.45) is 3.23. The van der Waals surface area contributed by atoms with E-state index in [1.165, 1.54) is 10.4 Å². The molecule has 0 spiro atoms. The number of benzene rings is 1. The van der Waals surface area contributed by atoms with Gasteiger partial charge >= 0.3 is 0 Å². The highest BCUT2D eigenvalue weighted by molar-refractivity contribution is 7.89. The number of carbonyl (C=O) groups is 1. The summed E-state index contributed by atoms with van der Waals surface area (Å²) in [5.74, 6) is -0.351. The molecule has 2 aliphatic heterocycles. The molecule has 4 rings (SSSR count). The van der Waals surface area contributed by atoms with Gasteiger partial charge in [-0.15, -0.1) is 11.3 Å². The third-order valence-electron chi connectivity index (χ3n) is 5.99. The second-order valence-corrected chi connectivity index (χ2v) is 11.1. The molecule has 0 radical (unpaired) electrons. The van der Waals surface area contributed by atoms with Crippen molar-refractivity contribution in [2.45, 2.75) is 36.0 Å². The number of hydrogen-bond acceptors (Lipinski definition) is 5. The van der Waals surface area contributed by atoms with Crippen LogP contribution < -0.4 is 5.32 Å². The van der Waals surface area contributed by atoms with Crippen molar-refractivity contribution in [2.75, 3.05) is 32.8 Å². The molecule has 0 aliphatic carbocycles. The summed E-state index contributed by atoms with van der Waals surface area (Å²) in [6, 6.07) is 9.24. The lowest BCUT2D eigenvalue weighted by Gasteiger charge is -2.38. The van der Waals surface area contributed by atoms with E-state index in [4.69, 9.17) is 16.3 Å². The highest BCUT2D eigenvalue weighted by Crippen LogP contribution is 2.36. The molecule has 9 heteroatoms. The third-order valence-corrected chi connectivity index (χ3v) is 9.21. The van der Waals surface area contributed by atoms with Gasteiger partial charge in [-0.2, -0.15) is 4.31 Å². The van der Waals surface area contributed by atoms with E-state index in [0.717, 1.165) is 42.6 Å². The van der Waals surface area contributed by atoms with Crippen LogP contribution in [0.25, 0.3) is 0 Å². The number of halogens is 1. The Morgan fingerprint density at radius 3 is 2.63 bits per heavy atom. The second kappa shape index (κ2) is 8.96. The third kappa shape index (κ3) is 4.29. The van der Waals surface area contributed by atoms with Crippen LogP contribution in [-0.4, -0.2) is 51.5 Å². The van der Waals surface area contributed by atoms with Crippen molar-refractivity contribution in [1.82, 2.24) is 9.62 Å². The highest BCUT2D eigenvalue weighted by Gasteiger charge is 2.36. The standard InChI is InChI=1S/C21H25ClN2O4S2/c22-17-5-3-4-16(14-17)21(7-11-28-12-8-21)15-23-20(25)19-18(6-13-29-19)30(26,27)24-9-1-2-10-24/h3-6,13-14H,1-2,7-12,15H2,(H,23,25). The van der Waals surface area contributed by atoms with E-state index in [-0.39, 0.29) is 21.1 Å². The van der Waals surface area contributed by atoms with Crippen molar-refractivity contribution >= 4 is 38.9 Å². The Labute approximate surface area is 186 Å². The van der Waals surface area contributed by atoms with E-state index in [9.17, 15) is 13.2 Å². The maximum Gasteiger partial charge on any atom is 0.262 e. The van der Waals surface area contributed by atoms with Crippen LogP contribution in [0.1, 0.15) is 40.9 Å². The van der Waals surface area contributed by atoms with Crippen LogP contribution in [0.5, 0.6) is 0 Å². The molecule has 1 amide bonds. The second-order valence-electron chi connectivity index (χ2n) is 7.81. The Morgan fingerprint density at radius 2 is 1.93 bits per heavy atom. The Hall–Kier alpha value is -1.45. The SMILES string of the molecule is O=C(NCC1(c2cccc(Cl)c2)CCOCC1)c1sccc1S(=O)(=O)N1CCCC1. The number of nitrogens with zero attached hydrogens (tertiary/aromatic N) is 1. The first kappa shape index (κ1) is 21.8. The molecular formula is C21H25ClN2O4S2. The van der Waals surface area contributed by atoms with E-state index in [2.05, 4.69) is 5.32 Å². The van der Waals surface area contributed by atoms with Gasteiger partial charge in [-0.1, -0.05) is 23.7 Å². The minimum absolute atomic E-state index is 0.107. The molecule has 2 aliphatic rings. The smallest absolute Gasteiger partial charge is 0.262 e. The maximum absolute atomic E-state index is 13.0. The molecular weight excluding hydrogens is 444 g/mol. The average molecular weight is 469 g/mol. The molecule has 1 aromatic heterocycles. The van der Waals surface area contributed by atoms with Gasteiger partial charge in [0.05, 0.1) is 0 Å². The summed E-state index contributed by atoms with van der Waals surface area (Å²) in [4.78, 5) is 13.4. The molecule has 0 saturated carbocycles. The fourth-order valence-corrected chi connectivity index (χ4v) is 7.24. The minimum Gasteiger partial charge on any atom is -0.381 e. The monoisotopic (exact) mass is 468 g/mol. The fraction of sp³-hybridized carbons (Fsp3) is 0.476. The molecule has 0 atom stereocenters. The molecule has 30 heavy (non-hydrogen) atoms. The molecule has 2 saturated heterocycles. The van der Waals surface area contributed by atoms with Crippen LogP contribution >= 0.6 is 22.9 Å². The van der Waals surface area contributed by atoms with Crippen LogP contribution in [0.2, 0.25) is 5.02 Å². The fourth-order valence-electron chi connectivity index (χ4n) is 4.21. The van der Waals surface area contributed by atoms with Crippen molar-refractivity contribution in [3.8, 4) is 0 Å². The van der Waals surface area contributed by atoms with Gasteiger partial charge < -0.3 is 10.1 Å². The number of carbonyl (C=O) groups excluding carboxylic acids is 1. The predicted octanol–water partition coefficient (Wildman–Crippen LogP) is 3.66. The Balaban J connectivity index is 1.55. The first-order valence-corrected chi connectivity index (χ1v) is 12.8. The zero-order valence-corrected chi connectivity index (χ0v) is 19.0. The predicted molar refractivity (Wildman–Crippen MR) is 118 cm³/mol. The van der Waals surface area contributed by atoms with Gasteiger partial charge in [0.1, 0.15) is 9.77 Å². The van der Waals surface area contributed by atoms with Gasteiger partial charge in [-0.25, -0.2) is 8.42 Å². The quantitative estimate of drug-likeness (QED) is 0.701. The van der Waals surface area contributed by atoms with Gasteiger partial charge in [-0.3, -0.25) is 4.79 Å². The summed E-state index contributed by atoms with van der Waals surface area (Å²) in [5, 5.41) is 5.33. The maximum atomic E-state index is 13.0. The largest absolute Gasteiger partial charge is 0.381 e. The first-order chi connectivity index (χ1) is 14.4. The number of ether oxygens (including phenoxy) is 1. The Kier molecular flexibility index (Phi) is 6.50. The number of rotatable bonds is 6. The molecule has 2 fully saturated rings. The summed E-state index contributed by atoms with van der Waals surface area (Å²) < 4.78 is 33.0. The topological polar surface area (TPSA) is 75.7 Å². The van der Waals surface area contributed by atoms with E-state index >= 15 is 0 Å². The minimum atomic E-state index is -3.64. The molecule has 0 bridgehead atoms. The van der Waals surface area contributed by atoms with E-state index in [0.29, 0.717) is 37.9 Å². The molecule has 162 valence electrons. The van der Waals surface area contributed by atoms with Crippen LogP contribution in [0.4, 0.5) is 0 Å². The summed E-state index contributed by atoms with van der Waals surface area (Å²) in [5.41, 5.74) is 0.777. The zero-order valence-electron chi connectivity index (χ0n) is 16.6. The van der Waals surface area contributed by atoms with Gasteiger partial charge in [0.15, 0.2) is 0 Å². The van der Waals surface area contributed by atoms with Crippen LogP contribution in [0, 0.1) is 0 Å². The van der Waals surface area contributed by atoms with Crippen LogP contribution in [0.15, 0.2) is 40.6 Å². The van der Waals surface area contributed by atoms with Gasteiger partial charge in [-0.05, 0) is 54.8 Å². The average Bonchev–Trinajstić information content (AvgIpc) is 3.45. The van der Waals surface area contributed by atoms with E-state index in [1.807, 2.05) is 24.3 Å². The molecule has 0 unspecified atom stereocenters. The van der Waals surface area contributed by atoms with E-state index in [1.54, 1.807) is 5.38 Å². The first-order valence-electron chi connectivity index (χ1n) is 10.1. The van der Waals surface area contributed by atoms with Crippen LogP contribution in [-0.2, 0) is 20.2 Å². The Morgan fingerprint density at radius 1 is 1.20 bits per heavy atom. The highest BCUT2D eigenvalue weighted by atomic mass is 35.5. The number of nitrogens with one attached hydrogen (secondary N) is 1. The number of sulfonamides is 1. The van der Waals surface area contributed by atoms with Crippen molar-refractivity contribution in [2.24, 2.45) is 0 Å². The van der Waals surface area contributed by atoms with E-state index < -0.39 is 10.0 Å². The summed E-state index contributed by atoms with van der Waals surface area (Å²) >= 11 is 7.38. The normalized spacial score (nSPS) is 19.6. The lowest BCUT2D eigenvalue weighted by atomic mass is 9.74. The van der Waals surface area contributed by atoms with Crippen molar-refractivity contribution in [3.05, 3.63) is 51.2 Å².